The first-order chi connectivity index (χ1) is 11.0. The number of sulfonamides is 1. The number of hydrogen-bond donors (Lipinski definition) is 1. The van der Waals surface area contributed by atoms with E-state index in [2.05, 4.69) is 5.32 Å². The van der Waals surface area contributed by atoms with Crippen LogP contribution < -0.4 is 9.62 Å². The summed E-state index contributed by atoms with van der Waals surface area (Å²) in [6.45, 7) is 3.15. The highest BCUT2D eigenvalue weighted by Gasteiger charge is 2.29. The molecule has 0 aromatic heterocycles. The van der Waals surface area contributed by atoms with Gasteiger partial charge in [-0.2, -0.15) is 0 Å². The first-order valence-corrected chi connectivity index (χ1v) is 9.61. The summed E-state index contributed by atoms with van der Waals surface area (Å²) >= 11 is 0. The molecule has 1 amide bonds. The standard InChI is InChI=1S/C16H22N2O4S/c1-12(15-7-3-9-22-15)17-16(19)13-5-2-6-14(11-13)18-8-4-10-23(18,20)21/h2,5-6,11-12,15H,3-4,7-10H2,1H3,(H,17,19)/t12-,15+/m1/s1. The number of amides is 1. The minimum Gasteiger partial charge on any atom is -0.376 e. The van der Waals surface area contributed by atoms with Gasteiger partial charge in [0.2, 0.25) is 10.0 Å². The maximum atomic E-state index is 12.4. The zero-order valence-corrected chi connectivity index (χ0v) is 14.0. The number of anilines is 1. The van der Waals surface area contributed by atoms with Gasteiger partial charge in [0.15, 0.2) is 0 Å². The number of hydrogen-bond acceptors (Lipinski definition) is 4. The monoisotopic (exact) mass is 338 g/mol. The quantitative estimate of drug-likeness (QED) is 0.903. The summed E-state index contributed by atoms with van der Waals surface area (Å²) in [5, 5.41) is 2.94. The Morgan fingerprint density at radius 2 is 2.22 bits per heavy atom. The molecule has 7 heteroatoms. The van der Waals surface area contributed by atoms with Gasteiger partial charge in [0.1, 0.15) is 0 Å². The minimum atomic E-state index is -3.24. The Labute approximate surface area is 136 Å². The molecule has 0 unspecified atom stereocenters. The summed E-state index contributed by atoms with van der Waals surface area (Å²) in [4.78, 5) is 12.4. The van der Waals surface area contributed by atoms with Gasteiger partial charge in [-0.25, -0.2) is 8.42 Å². The molecule has 0 bridgehead atoms. The fraction of sp³-hybridized carbons (Fsp3) is 0.562. The zero-order valence-electron chi connectivity index (χ0n) is 13.2. The zero-order chi connectivity index (χ0) is 16.4. The van der Waals surface area contributed by atoms with E-state index in [0.717, 1.165) is 19.4 Å². The number of carbonyl (C=O) groups is 1. The van der Waals surface area contributed by atoms with Gasteiger partial charge in [-0.05, 0) is 44.4 Å². The molecule has 0 spiro atoms. The van der Waals surface area contributed by atoms with Crippen molar-refractivity contribution in [1.29, 1.82) is 0 Å². The Morgan fingerprint density at radius 1 is 1.39 bits per heavy atom. The lowest BCUT2D eigenvalue weighted by Crippen LogP contribution is -2.40. The third-order valence-corrected chi connectivity index (χ3v) is 6.25. The summed E-state index contributed by atoms with van der Waals surface area (Å²) in [6.07, 6.45) is 2.65. The molecule has 0 radical (unpaired) electrons. The maximum Gasteiger partial charge on any atom is 0.251 e. The molecule has 2 fully saturated rings. The van der Waals surface area contributed by atoms with E-state index in [4.69, 9.17) is 4.74 Å². The first kappa shape index (κ1) is 16.3. The van der Waals surface area contributed by atoms with E-state index < -0.39 is 10.0 Å². The number of benzene rings is 1. The Hall–Kier alpha value is -1.60. The molecule has 1 N–H and O–H groups in total. The highest BCUT2D eigenvalue weighted by molar-refractivity contribution is 7.93. The van der Waals surface area contributed by atoms with Crippen LogP contribution in [0.4, 0.5) is 5.69 Å². The number of carbonyl (C=O) groups excluding carboxylic acids is 1. The molecule has 3 rings (SSSR count). The molecule has 2 saturated heterocycles. The summed E-state index contributed by atoms with van der Waals surface area (Å²) in [6, 6.07) is 6.71. The van der Waals surface area contributed by atoms with Gasteiger partial charge in [-0.1, -0.05) is 6.07 Å². The molecule has 2 heterocycles. The van der Waals surface area contributed by atoms with Crippen molar-refractivity contribution in [3.63, 3.8) is 0 Å². The van der Waals surface area contributed by atoms with Crippen LogP contribution in [-0.2, 0) is 14.8 Å². The van der Waals surface area contributed by atoms with E-state index in [0.29, 0.717) is 24.2 Å². The van der Waals surface area contributed by atoms with Crippen molar-refractivity contribution in [3.05, 3.63) is 29.8 Å². The van der Waals surface area contributed by atoms with Crippen molar-refractivity contribution in [3.8, 4) is 0 Å². The average molecular weight is 338 g/mol. The van der Waals surface area contributed by atoms with Crippen LogP contribution in [0.5, 0.6) is 0 Å². The second-order valence-electron chi connectivity index (χ2n) is 6.11. The molecule has 1 aromatic carbocycles. The van der Waals surface area contributed by atoms with E-state index in [-0.39, 0.29) is 23.8 Å². The molecular formula is C16H22N2O4S. The predicted octanol–water partition coefficient (Wildman–Crippen LogP) is 1.52. The topological polar surface area (TPSA) is 75.7 Å². The summed E-state index contributed by atoms with van der Waals surface area (Å²) in [5.41, 5.74) is 1.02. The van der Waals surface area contributed by atoms with Gasteiger partial charge in [-0.3, -0.25) is 9.10 Å². The van der Waals surface area contributed by atoms with E-state index in [1.807, 2.05) is 6.92 Å². The van der Waals surface area contributed by atoms with E-state index in [9.17, 15) is 13.2 Å². The van der Waals surface area contributed by atoms with Gasteiger partial charge in [-0.15, -0.1) is 0 Å². The summed E-state index contributed by atoms with van der Waals surface area (Å²) < 4.78 is 31.0. The predicted molar refractivity (Wildman–Crippen MR) is 88.1 cm³/mol. The Morgan fingerprint density at radius 3 is 2.87 bits per heavy atom. The van der Waals surface area contributed by atoms with Crippen molar-refractivity contribution >= 4 is 21.6 Å². The SMILES string of the molecule is C[C@@H](NC(=O)c1cccc(N2CCCS2(=O)=O)c1)[C@@H]1CCCO1. The lowest BCUT2D eigenvalue weighted by atomic mass is 10.1. The largest absolute Gasteiger partial charge is 0.376 e. The highest BCUT2D eigenvalue weighted by Crippen LogP contribution is 2.25. The number of ether oxygens (including phenoxy) is 1. The van der Waals surface area contributed by atoms with Crippen LogP contribution in [0, 0.1) is 0 Å². The van der Waals surface area contributed by atoms with Gasteiger partial charge in [0.25, 0.3) is 5.91 Å². The molecule has 6 nitrogen and oxygen atoms in total. The van der Waals surface area contributed by atoms with Gasteiger partial charge in [0, 0.05) is 18.7 Å². The molecule has 0 saturated carbocycles. The summed E-state index contributed by atoms with van der Waals surface area (Å²) in [5.74, 6) is -0.0362. The number of nitrogens with one attached hydrogen (secondary N) is 1. The first-order valence-electron chi connectivity index (χ1n) is 8.00. The van der Waals surface area contributed by atoms with Crippen LogP contribution in [0.25, 0.3) is 0 Å². The number of nitrogens with zero attached hydrogens (tertiary/aromatic N) is 1. The Balaban J connectivity index is 1.73. The summed E-state index contributed by atoms with van der Waals surface area (Å²) in [7, 11) is -3.24. The molecule has 0 aliphatic carbocycles. The third kappa shape index (κ3) is 3.50. The molecule has 2 atom stereocenters. The third-order valence-electron chi connectivity index (χ3n) is 4.38. The van der Waals surface area contributed by atoms with E-state index in [1.165, 1.54) is 4.31 Å². The number of rotatable bonds is 4. The van der Waals surface area contributed by atoms with Crippen LogP contribution in [0.3, 0.4) is 0 Å². The van der Waals surface area contributed by atoms with Crippen LogP contribution in [0.1, 0.15) is 36.5 Å². The van der Waals surface area contributed by atoms with Gasteiger partial charge in [0.05, 0.1) is 23.6 Å². The molecule has 23 heavy (non-hydrogen) atoms. The minimum absolute atomic E-state index is 0.0566. The van der Waals surface area contributed by atoms with E-state index in [1.54, 1.807) is 24.3 Å². The normalized spacial score (nSPS) is 24.6. The van der Waals surface area contributed by atoms with Crippen LogP contribution in [0.15, 0.2) is 24.3 Å². The average Bonchev–Trinajstić information content (AvgIpc) is 3.16. The Bertz CT molecular complexity index is 683. The Kier molecular flexibility index (Phi) is 4.59. The van der Waals surface area contributed by atoms with Crippen LogP contribution >= 0.6 is 0 Å². The van der Waals surface area contributed by atoms with Crippen molar-refractivity contribution in [2.45, 2.75) is 38.3 Å². The van der Waals surface area contributed by atoms with Crippen molar-refractivity contribution in [2.75, 3.05) is 23.2 Å². The van der Waals surface area contributed by atoms with Crippen molar-refractivity contribution in [2.24, 2.45) is 0 Å². The van der Waals surface area contributed by atoms with Crippen molar-refractivity contribution in [1.82, 2.24) is 5.32 Å². The fourth-order valence-corrected chi connectivity index (χ4v) is 4.67. The molecule has 1 aromatic rings. The second kappa shape index (κ2) is 6.49. The maximum absolute atomic E-state index is 12.4. The molecule has 126 valence electrons. The second-order valence-corrected chi connectivity index (χ2v) is 8.12. The highest BCUT2D eigenvalue weighted by atomic mass is 32.2. The van der Waals surface area contributed by atoms with E-state index >= 15 is 0 Å². The molecular weight excluding hydrogens is 316 g/mol. The fourth-order valence-electron chi connectivity index (χ4n) is 3.11. The van der Waals surface area contributed by atoms with Crippen molar-refractivity contribution < 1.29 is 17.9 Å². The molecule has 2 aliphatic heterocycles. The van der Waals surface area contributed by atoms with Gasteiger partial charge >= 0.3 is 0 Å². The molecule has 2 aliphatic rings. The van der Waals surface area contributed by atoms with Crippen LogP contribution in [0.2, 0.25) is 0 Å². The smallest absolute Gasteiger partial charge is 0.251 e. The lowest BCUT2D eigenvalue weighted by molar-refractivity contribution is 0.0712. The van der Waals surface area contributed by atoms with Gasteiger partial charge < -0.3 is 10.1 Å². The van der Waals surface area contributed by atoms with Crippen LogP contribution in [-0.4, -0.2) is 45.4 Å². The lowest BCUT2D eigenvalue weighted by Gasteiger charge is -2.21.